The Kier molecular flexibility index (Phi) is 6.36. The molecule has 1 amide bonds. The monoisotopic (exact) mass is 196 g/mol. The van der Waals surface area contributed by atoms with Gasteiger partial charge in [-0.15, -0.1) is 0 Å². The Hall–Kier alpha value is -1.39. The van der Waals surface area contributed by atoms with E-state index in [9.17, 15) is 4.79 Å². The molecule has 0 bridgehead atoms. The fourth-order valence-corrected chi connectivity index (χ4v) is 1.17. The molecular weight excluding hydrogens is 180 g/mol. The van der Waals surface area contributed by atoms with E-state index in [-0.39, 0.29) is 11.4 Å². The smallest absolute Gasteiger partial charge is 0.233 e. The number of carbonyl (C=O) groups is 1. The quantitative estimate of drug-likeness (QED) is 0.408. The van der Waals surface area contributed by atoms with Crippen molar-refractivity contribution in [1.82, 2.24) is 5.43 Å². The molecule has 0 saturated heterocycles. The van der Waals surface area contributed by atoms with Crippen LogP contribution in [0.2, 0.25) is 0 Å². The SMILES string of the molecule is NNC(=O)CCCc1ccccc1.O. The van der Waals surface area contributed by atoms with Crippen molar-refractivity contribution < 1.29 is 10.3 Å². The van der Waals surface area contributed by atoms with Crippen molar-refractivity contribution in [3.8, 4) is 0 Å². The van der Waals surface area contributed by atoms with Crippen molar-refractivity contribution >= 4 is 5.91 Å². The molecule has 0 aliphatic carbocycles. The maximum absolute atomic E-state index is 10.8. The second kappa shape index (κ2) is 7.06. The zero-order valence-electron chi connectivity index (χ0n) is 7.99. The van der Waals surface area contributed by atoms with Crippen LogP contribution in [0.5, 0.6) is 0 Å². The normalized spacial score (nSPS) is 8.93. The van der Waals surface area contributed by atoms with Gasteiger partial charge in [-0.05, 0) is 18.4 Å². The van der Waals surface area contributed by atoms with Crippen LogP contribution in [0.15, 0.2) is 30.3 Å². The molecule has 0 radical (unpaired) electrons. The van der Waals surface area contributed by atoms with Gasteiger partial charge in [0.2, 0.25) is 5.91 Å². The van der Waals surface area contributed by atoms with Gasteiger partial charge in [-0.1, -0.05) is 30.3 Å². The minimum atomic E-state index is -0.101. The molecule has 1 aromatic carbocycles. The van der Waals surface area contributed by atoms with Crippen molar-refractivity contribution in [1.29, 1.82) is 0 Å². The molecule has 1 aromatic rings. The molecule has 0 heterocycles. The summed E-state index contributed by atoms with van der Waals surface area (Å²) in [6, 6.07) is 10.1. The summed E-state index contributed by atoms with van der Waals surface area (Å²) < 4.78 is 0. The van der Waals surface area contributed by atoms with Gasteiger partial charge >= 0.3 is 0 Å². The molecular formula is C10H16N2O2. The Balaban J connectivity index is 0.00000169. The van der Waals surface area contributed by atoms with E-state index < -0.39 is 0 Å². The first-order valence-corrected chi connectivity index (χ1v) is 4.36. The van der Waals surface area contributed by atoms with Gasteiger partial charge in [0.1, 0.15) is 0 Å². The highest BCUT2D eigenvalue weighted by Crippen LogP contribution is 2.03. The molecule has 78 valence electrons. The summed E-state index contributed by atoms with van der Waals surface area (Å²) in [7, 11) is 0. The van der Waals surface area contributed by atoms with E-state index in [4.69, 9.17) is 5.84 Å². The van der Waals surface area contributed by atoms with Crippen LogP contribution in [-0.4, -0.2) is 11.4 Å². The lowest BCUT2D eigenvalue weighted by Gasteiger charge is -2.00. The Bertz CT molecular complexity index is 262. The molecule has 1 rings (SSSR count). The average molecular weight is 196 g/mol. The lowest BCUT2D eigenvalue weighted by Crippen LogP contribution is -2.29. The Morgan fingerprint density at radius 2 is 1.93 bits per heavy atom. The first kappa shape index (κ1) is 12.6. The second-order valence-corrected chi connectivity index (χ2v) is 2.91. The van der Waals surface area contributed by atoms with Crippen molar-refractivity contribution in [2.45, 2.75) is 19.3 Å². The Morgan fingerprint density at radius 1 is 1.29 bits per heavy atom. The summed E-state index contributed by atoms with van der Waals surface area (Å²) in [5.74, 6) is 4.85. The van der Waals surface area contributed by atoms with Crippen molar-refractivity contribution in [2.24, 2.45) is 5.84 Å². The van der Waals surface area contributed by atoms with Crippen LogP contribution in [0, 0.1) is 0 Å². The van der Waals surface area contributed by atoms with Gasteiger partial charge in [-0.2, -0.15) is 0 Å². The predicted octanol–water partition coefficient (Wildman–Crippen LogP) is 0.174. The minimum Gasteiger partial charge on any atom is -0.412 e. The summed E-state index contributed by atoms with van der Waals surface area (Å²) in [4.78, 5) is 10.8. The Labute approximate surface area is 83.4 Å². The lowest BCUT2D eigenvalue weighted by atomic mass is 10.1. The number of hydrogen-bond acceptors (Lipinski definition) is 2. The molecule has 0 aliphatic rings. The fourth-order valence-electron chi connectivity index (χ4n) is 1.17. The van der Waals surface area contributed by atoms with Crippen LogP contribution in [0.4, 0.5) is 0 Å². The topological polar surface area (TPSA) is 86.6 Å². The number of amides is 1. The largest absolute Gasteiger partial charge is 0.412 e. The molecule has 4 nitrogen and oxygen atoms in total. The third-order valence-electron chi connectivity index (χ3n) is 1.87. The van der Waals surface area contributed by atoms with Crippen LogP contribution < -0.4 is 11.3 Å². The number of nitrogens with two attached hydrogens (primary N) is 1. The number of nitrogens with one attached hydrogen (secondary N) is 1. The summed E-state index contributed by atoms with van der Waals surface area (Å²) in [6.07, 6.45) is 2.26. The van der Waals surface area contributed by atoms with Gasteiger partial charge in [0.15, 0.2) is 0 Å². The van der Waals surface area contributed by atoms with Crippen molar-refractivity contribution in [2.75, 3.05) is 0 Å². The standard InChI is InChI=1S/C10H14N2O.H2O/c11-12-10(13)8-4-7-9-5-2-1-3-6-9;/h1-3,5-6H,4,7-8,11H2,(H,12,13);1H2. The van der Waals surface area contributed by atoms with E-state index in [0.717, 1.165) is 12.8 Å². The fraction of sp³-hybridized carbons (Fsp3) is 0.300. The number of rotatable bonds is 4. The molecule has 0 atom stereocenters. The Morgan fingerprint density at radius 3 is 2.50 bits per heavy atom. The highest BCUT2D eigenvalue weighted by atomic mass is 16.2. The van der Waals surface area contributed by atoms with Gasteiger partial charge in [0.05, 0.1) is 0 Å². The van der Waals surface area contributed by atoms with Crippen LogP contribution in [0.3, 0.4) is 0 Å². The zero-order valence-corrected chi connectivity index (χ0v) is 7.99. The number of benzene rings is 1. The molecule has 0 aromatic heterocycles. The van der Waals surface area contributed by atoms with Crippen molar-refractivity contribution in [3.63, 3.8) is 0 Å². The molecule has 0 unspecified atom stereocenters. The zero-order chi connectivity index (χ0) is 9.52. The van der Waals surface area contributed by atoms with Crippen LogP contribution in [0.25, 0.3) is 0 Å². The maximum Gasteiger partial charge on any atom is 0.233 e. The number of hydrazine groups is 1. The van der Waals surface area contributed by atoms with Crippen LogP contribution >= 0.6 is 0 Å². The van der Waals surface area contributed by atoms with E-state index in [1.54, 1.807) is 0 Å². The number of carbonyl (C=O) groups excluding carboxylic acids is 1. The summed E-state index contributed by atoms with van der Waals surface area (Å²) >= 11 is 0. The maximum atomic E-state index is 10.8. The molecule has 0 aliphatic heterocycles. The van der Waals surface area contributed by atoms with Gasteiger partial charge in [-0.3, -0.25) is 10.2 Å². The van der Waals surface area contributed by atoms with Gasteiger partial charge < -0.3 is 5.48 Å². The first-order chi connectivity index (χ1) is 6.33. The molecule has 0 saturated carbocycles. The van der Waals surface area contributed by atoms with Gasteiger partial charge in [-0.25, -0.2) is 5.84 Å². The third-order valence-corrected chi connectivity index (χ3v) is 1.87. The molecule has 14 heavy (non-hydrogen) atoms. The van der Waals surface area contributed by atoms with E-state index in [1.165, 1.54) is 5.56 Å². The summed E-state index contributed by atoms with van der Waals surface area (Å²) in [5.41, 5.74) is 3.37. The summed E-state index contributed by atoms with van der Waals surface area (Å²) in [6.45, 7) is 0. The van der Waals surface area contributed by atoms with E-state index in [0.29, 0.717) is 6.42 Å². The second-order valence-electron chi connectivity index (χ2n) is 2.91. The van der Waals surface area contributed by atoms with E-state index in [1.807, 2.05) is 18.2 Å². The third kappa shape index (κ3) is 4.59. The lowest BCUT2D eigenvalue weighted by molar-refractivity contribution is -0.121. The first-order valence-electron chi connectivity index (χ1n) is 4.36. The average Bonchev–Trinajstić information content (AvgIpc) is 2.19. The minimum absolute atomic E-state index is 0. The number of aryl methyl sites for hydroxylation is 1. The highest BCUT2D eigenvalue weighted by Gasteiger charge is 1.97. The van der Waals surface area contributed by atoms with E-state index in [2.05, 4.69) is 17.6 Å². The van der Waals surface area contributed by atoms with Gasteiger partial charge in [0.25, 0.3) is 0 Å². The number of hydrogen-bond donors (Lipinski definition) is 2. The molecule has 4 heteroatoms. The molecule has 5 N–H and O–H groups in total. The highest BCUT2D eigenvalue weighted by molar-refractivity contribution is 5.75. The molecule has 0 fully saturated rings. The van der Waals surface area contributed by atoms with E-state index >= 15 is 0 Å². The van der Waals surface area contributed by atoms with Gasteiger partial charge in [0, 0.05) is 6.42 Å². The predicted molar refractivity (Wildman–Crippen MR) is 55.3 cm³/mol. The summed E-state index contributed by atoms with van der Waals surface area (Å²) in [5, 5.41) is 0. The molecule has 0 spiro atoms. The van der Waals surface area contributed by atoms with Crippen molar-refractivity contribution in [3.05, 3.63) is 35.9 Å². The van der Waals surface area contributed by atoms with Crippen LogP contribution in [0.1, 0.15) is 18.4 Å². The van der Waals surface area contributed by atoms with Crippen LogP contribution in [-0.2, 0) is 11.2 Å².